The van der Waals surface area contributed by atoms with Crippen LogP contribution in [0.3, 0.4) is 0 Å². The van der Waals surface area contributed by atoms with Gasteiger partial charge in [0.05, 0.1) is 0 Å². The number of hydrogen-bond donors (Lipinski definition) is 3. The van der Waals surface area contributed by atoms with Crippen molar-refractivity contribution in [2.45, 2.75) is 26.8 Å². The number of carbonyl (C=O) groups is 2. The Morgan fingerprint density at radius 1 is 1.18 bits per heavy atom. The van der Waals surface area contributed by atoms with Crippen LogP contribution in [0.4, 0.5) is 5.95 Å². The van der Waals surface area contributed by atoms with Crippen LogP contribution < -0.4 is 10.6 Å². The van der Waals surface area contributed by atoms with E-state index in [1.165, 1.54) is 6.33 Å². The summed E-state index contributed by atoms with van der Waals surface area (Å²) < 4.78 is 0. The minimum absolute atomic E-state index is 0.0719. The molecule has 0 spiro atoms. The summed E-state index contributed by atoms with van der Waals surface area (Å²) in [7, 11) is 0. The minimum atomic E-state index is -0.668. The predicted molar refractivity (Wildman–Crippen MR) is 82.3 cm³/mol. The molecule has 0 radical (unpaired) electrons. The summed E-state index contributed by atoms with van der Waals surface area (Å²) in [6.45, 7) is 5.67. The second kappa shape index (κ2) is 6.84. The highest BCUT2D eigenvalue weighted by Gasteiger charge is 2.25. The molecule has 0 aliphatic heterocycles. The molecular formula is C15H19N5O2. The van der Waals surface area contributed by atoms with Gasteiger partial charge in [0.25, 0.3) is 5.91 Å². The molecule has 116 valence electrons. The van der Waals surface area contributed by atoms with E-state index in [9.17, 15) is 9.59 Å². The molecule has 2 amide bonds. The molecule has 2 aromatic rings. The molecule has 0 fully saturated rings. The Balaban J connectivity index is 2.06. The average Bonchev–Trinajstić information content (AvgIpc) is 2.97. The highest BCUT2D eigenvalue weighted by atomic mass is 16.2. The second-order valence-electron chi connectivity index (χ2n) is 5.38. The number of carbonyl (C=O) groups excluding carboxylic acids is 2. The zero-order valence-corrected chi connectivity index (χ0v) is 12.8. The number of amides is 2. The molecule has 0 aliphatic carbocycles. The third-order valence-corrected chi connectivity index (χ3v) is 3.21. The van der Waals surface area contributed by atoms with Crippen molar-refractivity contribution in [1.82, 2.24) is 20.5 Å². The average molecular weight is 301 g/mol. The Labute approximate surface area is 128 Å². The van der Waals surface area contributed by atoms with Crippen molar-refractivity contribution in [3.8, 4) is 0 Å². The molecule has 7 heteroatoms. The van der Waals surface area contributed by atoms with Crippen molar-refractivity contribution < 1.29 is 9.59 Å². The number of aryl methyl sites for hydroxylation is 1. The van der Waals surface area contributed by atoms with Crippen LogP contribution in [0.2, 0.25) is 0 Å². The Morgan fingerprint density at radius 2 is 1.86 bits per heavy atom. The standard InChI is InChI=1S/C15H19N5O2/c1-9(2)12(14(22)19-15-16-8-17-20-15)18-13(21)11-6-4-10(3)5-7-11/h4-9,12H,1-3H3,(H,18,21)(H2,16,17,19,20,22)/t12-/m0/s1. The van der Waals surface area contributed by atoms with Gasteiger partial charge in [0.2, 0.25) is 11.9 Å². The molecule has 1 aromatic carbocycles. The van der Waals surface area contributed by atoms with Crippen molar-refractivity contribution in [2.75, 3.05) is 5.32 Å². The van der Waals surface area contributed by atoms with Gasteiger partial charge in [-0.15, -0.1) is 0 Å². The highest BCUT2D eigenvalue weighted by molar-refractivity contribution is 6.00. The Kier molecular flexibility index (Phi) is 4.88. The van der Waals surface area contributed by atoms with E-state index in [4.69, 9.17) is 0 Å². The first-order valence-corrected chi connectivity index (χ1v) is 7.01. The number of benzene rings is 1. The Morgan fingerprint density at radius 3 is 2.41 bits per heavy atom. The van der Waals surface area contributed by atoms with Crippen LogP contribution in [0, 0.1) is 12.8 Å². The molecule has 22 heavy (non-hydrogen) atoms. The number of hydrogen-bond acceptors (Lipinski definition) is 4. The number of aromatic amines is 1. The van der Waals surface area contributed by atoms with E-state index in [2.05, 4.69) is 25.8 Å². The summed E-state index contributed by atoms with van der Waals surface area (Å²) in [6, 6.07) is 6.51. The maximum Gasteiger partial charge on any atom is 0.251 e. The van der Waals surface area contributed by atoms with Gasteiger partial charge in [-0.05, 0) is 25.0 Å². The largest absolute Gasteiger partial charge is 0.340 e. The molecule has 0 saturated carbocycles. The topological polar surface area (TPSA) is 99.8 Å². The van der Waals surface area contributed by atoms with Crippen LogP contribution in [0.15, 0.2) is 30.6 Å². The summed E-state index contributed by atoms with van der Waals surface area (Å²) in [6.07, 6.45) is 1.30. The van der Waals surface area contributed by atoms with Gasteiger partial charge in [0, 0.05) is 5.56 Å². The van der Waals surface area contributed by atoms with Crippen LogP contribution in [0.25, 0.3) is 0 Å². The lowest BCUT2D eigenvalue weighted by molar-refractivity contribution is -0.118. The van der Waals surface area contributed by atoms with E-state index in [1.54, 1.807) is 12.1 Å². The quantitative estimate of drug-likeness (QED) is 0.779. The van der Waals surface area contributed by atoms with E-state index in [1.807, 2.05) is 32.9 Å². The molecular weight excluding hydrogens is 282 g/mol. The molecule has 1 heterocycles. The summed E-state index contributed by atoms with van der Waals surface area (Å²) >= 11 is 0. The van der Waals surface area contributed by atoms with Gasteiger partial charge in [-0.25, -0.2) is 5.10 Å². The van der Waals surface area contributed by atoms with Crippen LogP contribution in [0.5, 0.6) is 0 Å². The third kappa shape index (κ3) is 3.91. The number of anilines is 1. The fourth-order valence-corrected chi connectivity index (χ4v) is 1.92. The Bertz CT molecular complexity index is 634. The minimum Gasteiger partial charge on any atom is -0.340 e. The molecule has 7 nitrogen and oxygen atoms in total. The van der Waals surface area contributed by atoms with Crippen LogP contribution in [-0.4, -0.2) is 33.0 Å². The van der Waals surface area contributed by atoms with E-state index in [-0.39, 0.29) is 23.7 Å². The van der Waals surface area contributed by atoms with Crippen molar-refractivity contribution >= 4 is 17.8 Å². The van der Waals surface area contributed by atoms with Crippen molar-refractivity contribution in [1.29, 1.82) is 0 Å². The molecule has 0 unspecified atom stereocenters. The SMILES string of the molecule is Cc1ccc(C(=O)N[C@H](C(=O)Nc2ncn[nH]2)C(C)C)cc1. The lowest BCUT2D eigenvalue weighted by Gasteiger charge is -2.21. The predicted octanol–water partition coefficient (Wildman–Crippen LogP) is 1.51. The number of nitrogens with zero attached hydrogens (tertiary/aromatic N) is 2. The normalized spacial score (nSPS) is 12.0. The summed E-state index contributed by atoms with van der Waals surface area (Å²) in [5, 5.41) is 11.5. The van der Waals surface area contributed by atoms with Crippen LogP contribution in [0.1, 0.15) is 29.8 Å². The molecule has 0 aliphatic rings. The van der Waals surface area contributed by atoms with E-state index in [0.29, 0.717) is 5.56 Å². The van der Waals surface area contributed by atoms with E-state index in [0.717, 1.165) is 5.56 Å². The van der Waals surface area contributed by atoms with Gasteiger partial charge in [-0.2, -0.15) is 10.1 Å². The highest BCUT2D eigenvalue weighted by Crippen LogP contribution is 2.08. The van der Waals surface area contributed by atoms with Gasteiger partial charge in [-0.1, -0.05) is 31.5 Å². The van der Waals surface area contributed by atoms with Gasteiger partial charge >= 0.3 is 0 Å². The number of nitrogens with one attached hydrogen (secondary N) is 3. The van der Waals surface area contributed by atoms with E-state index >= 15 is 0 Å². The van der Waals surface area contributed by atoms with Crippen LogP contribution in [-0.2, 0) is 4.79 Å². The fraction of sp³-hybridized carbons (Fsp3) is 0.333. The number of aromatic nitrogens is 3. The summed E-state index contributed by atoms with van der Waals surface area (Å²) in [5.41, 5.74) is 1.59. The van der Waals surface area contributed by atoms with Gasteiger partial charge in [0.15, 0.2) is 0 Å². The van der Waals surface area contributed by atoms with Gasteiger partial charge < -0.3 is 5.32 Å². The zero-order valence-electron chi connectivity index (χ0n) is 12.8. The summed E-state index contributed by atoms with van der Waals surface area (Å²) in [4.78, 5) is 28.3. The molecule has 2 rings (SSSR count). The monoisotopic (exact) mass is 301 g/mol. The maximum atomic E-state index is 12.3. The van der Waals surface area contributed by atoms with Gasteiger partial charge in [0.1, 0.15) is 12.4 Å². The van der Waals surface area contributed by atoms with Crippen molar-refractivity contribution in [3.05, 3.63) is 41.7 Å². The molecule has 3 N–H and O–H groups in total. The van der Waals surface area contributed by atoms with Crippen molar-refractivity contribution in [2.24, 2.45) is 5.92 Å². The molecule has 1 atom stereocenters. The Hall–Kier alpha value is -2.70. The maximum absolute atomic E-state index is 12.3. The van der Waals surface area contributed by atoms with E-state index < -0.39 is 6.04 Å². The molecule has 0 bridgehead atoms. The smallest absolute Gasteiger partial charge is 0.251 e. The fourth-order valence-electron chi connectivity index (χ4n) is 1.92. The molecule has 0 saturated heterocycles. The number of rotatable bonds is 5. The van der Waals surface area contributed by atoms with Crippen LogP contribution >= 0.6 is 0 Å². The van der Waals surface area contributed by atoms with Crippen molar-refractivity contribution in [3.63, 3.8) is 0 Å². The summed E-state index contributed by atoms with van der Waals surface area (Å²) in [5.74, 6) is -0.448. The number of H-pyrrole nitrogens is 1. The second-order valence-corrected chi connectivity index (χ2v) is 5.38. The lowest BCUT2D eigenvalue weighted by atomic mass is 10.0. The zero-order chi connectivity index (χ0) is 16.1. The first-order chi connectivity index (χ1) is 10.5. The van der Waals surface area contributed by atoms with Gasteiger partial charge in [-0.3, -0.25) is 14.9 Å². The first-order valence-electron chi connectivity index (χ1n) is 7.01. The first kappa shape index (κ1) is 15.7. The third-order valence-electron chi connectivity index (χ3n) is 3.21. The molecule has 1 aromatic heterocycles. The lowest BCUT2D eigenvalue weighted by Crippen LogP contribution is -2.47.